The zero-order chi connectivity index (χ0) is 18.9. The molecule has 2 rings (SSSR count). The van der Waals surface area contributed by atoms with Crippen LogP contribution in [0.15, 0.2) is 35.3 Å². The minimum Gasteiger partial charge on any atom is -0.463 e. The minimum absolute atomic E-state index is 0.0157. The maximum absolute atomic E-state index is 11.4. The molecule has 0 N–H and O–H groups in total. The van der Waals surface area contributed by atoms with Crippen molar-refractivity contribution in [1.82, 2.24) is 0 Å². The minimum atomic E-state index is -1.08. The van der Waals surface area contributed by atoms with E-state index in [1.807, 2.05) is 30.3 Å². The zero-order valence-electron chi connectivity index (χ0n) is 14.6. The molecule has 0 bridgehead atoms. The lowest BCUT2D eigenvalue weighted by atomic mass is 10.0. The summed E-state index contributed by atoms with van der Waals surface area (Å²) in [6.07, 6.45) is -1.39. The van der Waals surface area contributed by atoms with Crippen molar-refractivity contribution in [3.63, 3.8) is 0 Å². The number of hydrogen-bond acceptors (Lipinski definition) is 8. The predicted octanol–water partition coefficient (Wildman–Crippen LogP) is 1.52. The highest BCUT2D eigenvalue weighted by Crippen LogP contribution is 2.27. The summed E-state index contributed by atoms with van der Waals surface area (Å²) in [5, 5.41) is 0. The Morgan fingerprint density at radius 2 is 1.96 bits per heavy atom. The summed E-state index contributed by atoms with van der Waals surface area (Å²) in [6.45, 7) is 2.80. The van der Waals surface area contributed by atoms with Crippen molar-refractivity contribution in [2.45, 2.75) is 51.4 Å². The van der Waals surface area contributed by atoms with Crippen LogP contribution >= 0.6 is 0 Å². The van der Waals surface area contributed by atoms with E-state index in [0.717, 1.165) is 5.56 Å². The third kappa shape index (κ3) is 6.07. The van der Waals surface area contributed by atoms with Crippen molar-refractivity contribution >= 4 is 18.0 Å². The van der Waals surface area contributed by atoms with Gasteiger partial charge in [-0.2, -0.15) is 4.99 Å². The van der Waals surface area contributed by atoms with Crippen LogP contribution in [-0.4, -0.2) is 49.2 Å². The lowest BCUT2D eigenvalue weighted by molar-refractivity contribution is -0.211. The number of ether oxygens (including phenoxy) is 4. The van der Waals surface area contributed by atoms with E-state index in [-0.39, 0.29) is 13.2 Å². The van der Waals surface area contributed by atoms with Gasteiger partial charge in [0, 0.05) is 20.3 Å². The van der Waals surface area contributed by atoms with Gasteiger partial charge in [-0.1, -0.05) is 30.3 Å². The van der Waals surface area contributed by atoms with Gasteiger partial charge in [0.2, 0.25) is 6.08 Å². The van der Waals surface area contributed by atoms with Gasteiger partial charge in [-0.3, -0.25) is 9.59 Å². The molecule has 0 aromatic heterocycles. The number of hydrogen-bond donors (Lipinski definition) is 0. The summed E-state index contributed by atoms with van der Waals surface area (Å²) in [5.74, 6) is -0.996. The highest BCUT2D eigenvalue weighted by molar-refractivity contribution is 5.66. The molecular weight excluding hydrogens is 342 g/mol. The molecule has 0 spiro atoms. The number of esters is 2. The fraction of sp³-hybridized carbons (Fsp3) is 0.500. The van der Waals surface area contributed by atoms with E-state index < -0.39 is 36.5 Å². The van der Waals surface area contributed by atoms with Gasteiger partial charge in [0.1, 0.15) is 12.7 Å². The monoisotopic (exact) mass is 363 g/mol. The van der Waals surface area contributed by atoms with Crippen molar-refractivity contribution in [2.24, 2.45) is 4.99 Å². The molecule has 8 heteroatoms. The van der Waals surface area contributed by atoms with E-state index in [1.54, 1.807) is 0 Å². The number of isocyanates is 1. The Morgan fingerprint density at radius 1 is 1.23 bits per heavy atom. The molecular formula is C18H21NO7. The second-order valence-corrected chi connectivity index (χ2v) is 5.82. The van der Waals surface area contributed by atoms with Crippen molar-refractivity contribution < 1.29 is 33.3 Å². The van der Waals surface area contributed by atoms with Crippen molar-refractivity contribution in [2.75, 3.05) is 6.61 Å². The van der Waals surface area contributed by atoms with Crippen LogP contribution < -0.4 is 0 Å². The fourth-order valence-corrected chi connectivity index (χ4v) is 2.65. The van der Waals surface area contributed by atoms with Crippen LogP contribution in [0.1, 0.15) is 25.8 Å². The Hall–Kier alpha value is -2.54. The maximum Gasteiger partial charge on any atom is 0.303 e. The first-order chi connectivity index (χ1) is 12.5. The maximum atomic E-state index is 11.4. The van der Waals surface area contributed by atoms with Gasteiger partial charge in [-0.05, 0) is 5.56 Å². The predicted molar refractivity (Wildman–Crippen MR) is 88.6 cm³/mol. The Bertz CT molecular complexity index is 657. The Balaban J connectivity index is 2.13. The first kappa shape index (κ1) is 19.8. The molecule has 140 valence electrons. The van der Waals surface area contributed by atoms with Gasteiger partial charge in [0.05, 0.1) is 12.7 Å². The van der Waals surface area contributed by atoms with Crippen molar-refractivity contribution in [1.29, 1.82) is 0 Å². The second kappa shape index (κ2) is 9.82. The van der Waals surface area contributed by atoms with Gasteiger partial charge in [-0.25, -0.2) is 4.79 Å². The molecule has 0 aliphatic carbocycles. The molecule has 8 nitrogen and oxygen atoms in total. The van der Waals surface area contributed by atoms with Gasteiger partial charge in [-0.15, -0.1) is 0 Å². The second-order valence-electron chi connectivity index (χ2n) is 5.82. The standard InChI is InChI=1S/C18H21NO7/c1-12(21)23-10-15-8-16(24-9-14-6-4-3-5-7-14)17(25-13(2)22)18(26-15)19-11-20/h3-7,15-18H,8-10H2,1-2H3/t15-,16-,17+,18+/m0/s1. The highest BCUT2D eigenvalue weighted by Gasteiger charge is 2.42. The lowest BCUT2D eigenvalue weighted by Gasteiger charge is -2.38. The molecule has 0 saturated carbocycles. The Labute approximate surface area is 151 Å². The largest absolute Gasteiger partial charge is 0.463 e. The van der Waals surface area contributed by atoms with Gasteiger partial charge >= 0.3 is 11.9 Å². The number of benzene rings is 1. The van der Waals surface area contributed by atoms with E-state index in [1.165, 1.54) is 19.9 Å². The summed E-state index contributed by atoms with van der Waals surface area (Å²) in [7, 11) is 0. The number of carbonyl (C=O) groups is 2. The van der Waals surface area contributed by atoms with Gasteiger partial charge in [0.15, 0.2) is 12.3 Å². The van der Waals surface area contributed by atoms with Crippen LogP contribution in [0.5, 0.6) is 0 Å². The first-order valence-corrected chi connectivity index (χ1v) is 8.18. The summed E-state index contributed by atoms with van der Waals surface area (Å²) >= 11 is 0. The van der Waals surface area contributed by atoms with Gasteiger partial charge < -0.3 is 18.9 Å². The number of carbonyl (C=O) groups excluding carboxylic acids is 3. The van der Waals surface area contributed by atoms with Crippen molar-refractivity contribution in [3.8, 4) is 0 Å². The average molecular weight is 363 g/mol. The summed E-state index contributed by atoms with van der Waals surface area (Å²) in [4.78, 5) is 36.8. The quantitative estimate of drug-likeness (QED) is 0.411. The van der Waals surface area contributed by atoms with Crippen molar-refractivity contribution in [3.05, 3.63) is 35.9 Å². The van der Waals surface area contributed by atoms with Crippen LogP contribution in [0, 0.1) is 0 Å². The molecule has 1 aliphatic heterocycles. The molecule has 1 aliphatic rings. The molecule has 0 unspecified atom stereocenters. The third-order valence-electron chi connectivity index (χ3n) is 3.74. The molecule has 1 heterocycles. The van der Waals surface area contributed by atoms with Gasteiger partial charge in [0.25, 0.3) is 0 Å². The van der Waals surface area contributed by atoms with Crippen LogP contribution in [0.2, 0.25) is 0 Å². The molecule has 0 radical (unpaired) electrons. The SMILES string of the molecule is CC(=O)OC[C@@H]1C[C@H](OCc2ccccc2)[C@@H](OC(C)=O)[C@H](N=C=O)O1. The Kier molecular flexibility index (Phi) is 7.47. The lowest BCUT2D eigenvalue weighted by Crippen LogP contribution is -2.51. The molecule has 1 aromatic carbocycles. The summed E-state index contributed by atoms with van der Waals surface area (Å²) in [6, 6.07) is 9.46. The molecule has 1 aromatic rings. The number of rotatable bonds is 7. The number of aliphatic imine (C=N–C) groups is 1. The van der Waals surface area contributed by atoms with Crippen LogP contribution in [0.3, 0.4) is 0 Å². The average Bonchev–Trinajstić information content (AvgIpc) is 2.61. The third-order valence-corrected chi connectivity index (χ3v) is 3.74. The summed E-state index contributed by atoms with van der Waals surface area (Å²) in [5.41, 5.74) is 0.938. The van der Waals surface area contributed by atoms with Crippen LogP contribution in [0.4, 0.5) is 0 Å². The van der Waals surface area contributed by atoms with E-state index in [9.17, 15) is 14.4 Å². The number of nitrogens with zero attached hydrogens (tertiary/aromatic N) is 1. The topological polar surface area (TPSA) is 100 Å². The smallest absolute Gasteiger partial charge is 0.303 e. The van der Waals surface area contributed by atoms with E-state index in [2.05, 4.69) is 4.99 Å². The molecule has 1 saturated heterocycles. The Morgan fingerprint density at radius 3 is 2.58 bits per heavy atom. The van der Waals surface area contributed by atoms with E-state index in [4.69, 9.17) is 18.9 Å². The fourth-order valence-electron chi connectivity index (χ4n) is 2.65. The van der Waals surface area contributed by atoms with Crippen LogP contribution in [0.25, 0.3) is 0 Å². The van der Waals surface area contributed by atoms with E-state index in [0.29, 0.717) is 6.42 Å². The zero-order valence-corrected chi connectivity index (χ0v) is 14.6. The molecule has 1 fully saturated rings. The molecule has 26 heavy (non-hydrogen) atoms. The first-order valence-electron chi connectivity index (χ1n) is 8.18. The van der Waals surface area contributed by atoms with Crippen LogP contribution in [-0.2, 0) is 39.9 Å². The van der Waals surface area contributed by atoms with E-state index >= 15 is 0 Å². The molecule has 0 amide bonds. The summed E-state index contributed by atoms with van der Waals surface area (Å²) < 4.78 is 21.7. The highest BCUT2D eigenvalue weighted by atomic mass is 16.6. The normalized spacial score (nSPS) is 25.0. The molecule has 4 atom stereocenters.